The summed E-state index contributed by atoms with van der Waals surface area (Å²) in [7, 11) is -1.19. The first kappa shape index (κ1) is 19.5. The second kappa shape index (κ2) is 8.63. The van der Waals surface area contributed by atoms with Gasteiger partial charge in [-0.2, -0.15) is 0 Å². The first-order chi connectivity index (χ1) is 12.0. The van der Waals surface area contributed by atoms with Gasteiger partial charge in [-0.1, -0.05) is 0 Å². The van der Waals surface area contributed by atoms with Gasteiger partial charge in [0.2, 0.25) is 0 Å². The summed E-state index contributed by atoms with van der Waals surface area (Å²) >= 11 is 0. The maximum absolute atomic E-state index is 11.8. The van der Waals surface area contributed by atoms with Gasteiger partial charge in [0.1, 0.15) is 16.1 Å². The fraction of sp³-hybridized carbons (Fsp3) is 1.00. The van der Waals surface area contributed by atoms with Gasteiger partial charge in [0.25, 0.3) is 0 Å². The van der Waals surface area contributed by atoms with Crippen molar-refractivity contribution in [1.29, 1.82) is 0 Å². The van der Waals surface area contributed by atoms with Gasteiger partial charge < -0.3 is 14.8 Å². The van der Waals surface area contributed by atoms with Crippen LogP contribution >= 0.6 is 0 Å². The first-order valence-corrected chi connectivity index (χ1v) is 11.4. The van der Waals surface area contributed by atoms with E-state index in [0.29, 0.717) is 11.8 Å². The molecule has 0 amide bonds. The maximum atomic E-state index is 11.8. The number of methoxy groups -OCH3 is 1. The van der Waals surface area contributed by atoms with Gasteiger partial charge in [0, 0.05) is 33.1 Å². The van der Waals surface area contributed by atoms with Crippen molar-refractivity contribution in [2.24, 2.45) is 11.8 Å². The smallest absolute Gasteiger partial charge is 0.150 e. The average molecular weight is 376 g/mol. The predicted octanol–water partition coefficient (Wildman–Crippen LogP) is 0.0759. The lowest BCUT2D eigenvalue weighted by atomic mass is 9.82. The Balaban J connectivity index is 1.52. The number of piperazine rings is 1. The second-order valence-corrected chi connectivity index (χ2v) is 10.1. The molecule has 0 aromatic carbocycles. The van der Waals surface area contributed by atoms with Crippen LogP contribution in [0.25, 0.3) is 0 Å². The van der Waals surface area contributed by atoms with Crippen LogP contribution in [-0.2, 0) is 19.3 Å². The standard InChI is InChI=1S/C17H33N3O4S/c1-23-17-16(13-3-5-14(6-4-13)25(2,21)22)20-15(10-19-17)18-9-12-7-8-24-11-12/h12-20H,3-11H2,1-2H3. The predicted molar refractivity (Wildman–Crippen MR) is 97.0 cm³/mol. The summed E-state index contributed by atoms with van der Waals surface area (Å²) in [5, 5.41) is 10.6. The highest BCUT2D eigenvalue weighted by molar-refractivity contribution is 7.91. The third kappa shape index (κ3) is 5.14. The van der Waals surface area contributed by atoms with Crippen molar-refractivity contribution in [2.45, 2.75) is 55.8 Å². The summed E-state index contributed by atoms with van der Waals surface area (Å²) in [5.74, 6) is 1.04. The molecule has 3 rings (SSSR count). The molecule has 3 N–H and O–H groups in total. The van der Waals surface area contributed by atoms with Crippen LogP contribution in [0.3, 0.4) is 0 Å². The Hall–Kier alpha value is -0.250. The molecule has 4 atom stereocenters. The van der Waals surface area contributed by atoms with Crippen molar-refractivity contribution in [1.82, 2.24) is 16.0 Å². The van der Waals surface area contributed by atoms with Gasteiger partial charge in [-0.05, 0) is 43.9 Å². The average Bonchev–Trinajstić information content (AvgIpc) is 3.12. The van der Waals surface area contributed by atoms with Crippen molar-refractivity contribution in [3.8, 4) is 0 Å². The highest BCUT2D eigenvalue weighted by atomic mass is 32.2. The minimum absolute atomic E-state index is 0.0207. The van der Waals surface area contributed by atoms with Crippen LogP contribution in [0.5, 0.6) is 0 Å². The summed E-state index contributed by atoms with van der Waals surface area (Å²) < 4.78 is 34.6. The van der Waals surface area contributed by atoms with Crippen LogP contribution in [-0.4, -0.2) is 71.8 Å². The summed E-state index contributed by atoms with van der Waals surface area (Å²) in [4.78, 5) is 0. The summed E-state index contributed by atoms with van der Waals surface area (Å²) in [6.07, 6.45) is 6.07. The molecule has 1 aliphatic carbocycles. The highest BCUT2D eigenvalue weighted by Crippen LogP contribution is 2.32. The molecule has 8 heteroatoms. The molecule has 146 valence electrons. The first-order valence-electron chi connectivity index (χ1n) is 9.49. The summed E-state index contributed by atoms with van der Waals surface area (Å²) in [6.45, 7) is 3.51. The molecular weight excluding hydrogens is 342 g/mol. The summed E-state index contributed by atoms with van der Waals surface area (Å²) in [5.41, 5.74) is 0. The molecular formula is C17H33N3O4S. The molecule has 0 aromatic rings. The number of ether oxygens (including phenoxy) is 2. The molecule has 3 fully saturated rings. The van der Waals surface area contributed by atoms with Crippen molar-refractivity contribution < 1.29 is 17.9 Å². The van der Waals surface area contributed by atoms with Gasteiger partial charge >= 0.3 is 0 Å². The van der Waals surface area contributed by atoms with Crippen molar-refractivity contribution in [2.75, 3.05) is 39.7 Å². The number of nitrogens with one attached hydrogen (secondary N) is 3. The van der Waals surface area contributed by atoms with Crippen molar-refractivity contribution in [3.05, 3.63) is 0 Å². The van der Waals surface area contributed by atoms with Crippen molar-refractivity contribution >= 4 is 9.84 Å². The lowest BCUT2D eigenvalue weighted by Crippen LogP contribution is -2.68. The van der Waals surface area contributed by atoms with E-state index in [4.69, 9.17) is 9.47 Å². The fourth-order valence-electron chi connectivity index (χ4n) is 4.41. The molecule has 3 aliphatic rings. The zero-order valence-electron chi connectivity index (χ0n) is 15.4. The van der Waals surface area contributed by atoms with Crippen LogP contribution < -0.4 is 16.0 Å². The SMILES string of the molecule is COC1NCC(NCC2CCOC2)NC1C1CCC(S(C)(=O)=O)CC1. The Morgan fingerprint density at radius 3 is 2.56 bits per heavy atom. The molecule has 2 saturated heterocycles. The van der Waals surface area contributed by atoms with Gasteiger partial charge in [0.05, 0.1) is 24.1 Å². The quantitative estimate of drug-likeness (QED) is 0.606. The van der Waals surface area contributed by atoms with Gasteiger partial charge in [0.15, 0.2) is 0 Å². The second-order valence-electron chi connectivity index (χ2n) is 7.81. The summed E-state index contributed by atoms with van der Waals surface area (Å²) in [6, 6.07) is 0.205. The fourth-order valence-corrected chi connectivity index (χ4v) is 5.54. The Kier molecular flexibility index (Phi) is 6.73. The molecule has 0 aromatic heterocycles. The number of hydrogen-bond acceptors (Lipinski definition) is 7. The topological polar surface area (TPSA) is 88.7 Å². The molecule has 0 spiro atoms. The van der Waals surface area contributed by atoms with Crippen molar-refractivity contribution in [3.63, 3.8) is 0 Å². The third-order valence-electron chi connectivity index (χ3n) is 6.01. The Morgan fingerprint density at radius 1 is 1.20 bits per heavy atom. The van der Waals surface area contributed by atoms with E-state index >= 15 is 0 Å². The van der Waals surface area contributed by atoms with Crippen LogP contribution in [0, 0.1) is 11.8 Å². The van der Waals surface area contributed by atoms with Crippen LogP contribution in [0.15, 0.2) is 0 Å². The minimum Gasteiger partial charge on any atom is -0.381 e. The van der Waals surface area contributed by atoms with E-state index in [1.165, 1.54) is 6.26 Å². The molecule has 7 nitrogen and oxygen atoms in total. The largest absolute Gasteiger partial charge is 0.381 e. The molecule has 2 aliphatic heterocycles. The van der Waals surface area contributed by atoms with Gasteiger partial charge in [-0.15, -0.1) is 0 Å². The van der Waals surface area contributed by atoms with E-state index < -0.39 is 9.84 Å². The number of hydrogen-bond donors (Lipinski definition) is 3. The normalized spacial score (nSPS) is 40.2. The highest BCUT2D eigenvalue weighted by Gasteiger charge is 2.38. The molecule has 2 heterocycles. The molecule has 0 radical (unpaired) electrons. The van der Waals surface area contributed by atoms with E-state index in [-0.39, 0.29) is 23.7 Å². The van der Waals surface area contributed by atoms with Gasteiger partial charge in [-0.3, -0.25) is 10.6 Å². The lowest BCUT2D eigenvalue weighted by molar-refractivity contribution is -0.0127. The zero-order valence-corrected chi connectivity index (χ0v) is 16.2. The van der Waals surface area contributed by atoms with Gasteiger partial charge in [-0.25, -0.2) is 8.42 Å². The number of sulfone groups is 1. The third-order valence-corrected chi connectivity index (χ3v) is 7.69. The zero-order chi connectivity index (χ0) is 17.9. The lowest BCUT2D eigenvalue weighted by Gasteiger charge is -2.43. The maximum Gasteiger partial charge on any atom is 0.150 e. The molecule has 1 saturated carbocycles. The van der Waals surface area contributed by atoms with E-state index in [1.54, 1.807) is 7.11 Å². The molecule has 4 unspecified atom stereocenters. The Labute approximate surface area is 151 Å². The number of rotatable bonds is 6. The molecule has 25 heavy (non-hydrogen) atoms. The Bertz CT molecular complexity index is 516. The van der Waals surface area contributed by atoms with E-state index in [0.717, 1.165) is 58.4 Å². The van der Waals surface area contributed by atoms with E-state index in [2.05, 4.69) is 16.0 Å². The van der Waals surface area contributed by atoms with Crippen LogP contribution in [0.4, 0.5) is 0 Å². The Morgan fingerprint density at radius 2 is 1.96 bits per heavy atom. The van der Waals surface area contributed by atoms with E-state index in [9.17, 15) is 8.42 Å². The molecule has 0 bridgehead atoms. The van der Waals surface area contributed by atoms with Crippen LogP contribution in [0.1, 0.15) is 32.1 Å². The monoisotopic (exact) mass is 375 g/mol. The minimum atomic E-state index is -2.92. The van der Waals surface area contributed by atoms with E-state index in [1.807, 2.05) is 0 Å². The van der Waals surface area contributed by atoms with Crippen LogP contribution in [0.2, 0.25) is 0 Å².